The molecule has 0 aliphatic carbocycles. The average molecular weight is 343 g/mol. The Morgan fingerprint density at radius 1 is 1.12 bits per heavy atom. The highest BCUT2D eigenvalue weighted by Gasteiger charge is 2.16. The molecule has 0 spiro atoms. The Hall–Kier alpha value is -1.94. The van der Waals surface area contributed by atoms with E-state index in [0.717, 1.165) is 23.5 Å². The Morgan fingerprint density at radius 2 is 1.88 bits per heavy atom. The zero-order valence-electron chi connectivity index (χ0n) is 14.5. The first-order valence-electron chi connectivity index (χ1n) is 8.19. The summed E-state index contributed by atoms with van der Waals surface area (Å²) in [7, 11) is 1.66. The molecule has 0 radical (unpaired) electrons. The summed E-state index contributed by atoms with van der Waals surface area (Å²) in [6.07, 6.45) is 0.793. The van der Waals surface area contributed by atoms with Crippen molar-refractivity contribution in [3.63, 3.8) is 0 Å². The normalized spacial score (nSPS) is 13.1. The number of benzene rings is 2. The van der Waals surface area contributed by atoms with Gasteiger partial charge >= 0.3 is 0 Å². The number of nitrogens with one attached hydrogen (secondary N) is 1. The van der Waals surface area contributed by atoms with Gasteiger partial charge in [0.1, 0.15) is 5.75 Å². The van der Waals surface area contributed by atoms with E-state index in [-0.39, 0.29) is 17.9 Å². The van der Waals surface area contributed by atoms with Gasteiger partial charge in [0.05, 0.1) is 7.11 Å². The summed E-state index contributed by atoms with van der Waals surface area (Å²) in [5.74, 6) is 1.71. The number of carbonyl (C=O) groups is 1. The van der Waals surface area contributed by atoms with Gasteiger partial charge in [0.15, 0.2) is 0 Å². The maximum absolute atomic E-state index is 12.3. The minimum Gasteiger partial charge on any atom is -0.497 e. The lowest BCUT2D eigenvalue weighted by Crippen LogP contribution is -2.38. The van der Waals surface area contributed by atoms with Crippen LogP contribution in [-0.4, -0.2) is 24.8 Å². The van der Waals surface area contributed by atoms with E-state index in [4.69, 9.17) is 4.74 Å². The summed E-state index contributed by atoms with van der Waals surface area (Å²) in [6.45, 7) is 4.01. The molecule has 0 heterocycles. The predicted molar refractivity (Wildman–Crippen MR) is 101 cm³/mol. The molecule has 2 aromatic carbocycles. The monoisotopic (exact) mass is 343 g/mol. The van der Waals surface area contributed by atoms with Crippen molar-refractivity contribution in [1.82, 2.24) is 5.32 Å². The molecular formula is C20H25NO2S. The Kier molecular flexibility index (Phi) is 7.19. The Labute approximate surface area is 148 Å². The third-order valence-corrected chi connectivity index (χ3v) is 5.03. The molecule has 0 bridgehead atoms. The molecule has 4 heteroatoms. The van der Waals surface area contributed by atoms with Gasteiger partial charge in [-0.15, -0.1) is 11.8 Å². The number of rotatable bonds is 8. The van der Waals surface area contributed by atoms with Crippen LogP contribution < -0.4 is 10.1 Å². The van der Waals surface area contributed by atoms with Crippen molar-refractivity contribution in [2.24, 2.45) is 5.92 Å². The van der Waals surface area contributed by atoms with E-state index in [1.807, 2.05) is 50.2 Å². The van der Waals surface area contributed by atoms with Gasteiger partial charge < -0.3 is 10.1 Å². The lowest BCUT2D eigenvalue weighted by atomic mass is 10.1. The zero-order chi connectivity index (χ0) is 17.4. The summed E-state index contributed by atoms with van der Waals surface area (Å²) in [5.41, 5.74) is 1.16. The highest BCUT2D eigenvalue weighted by atomic mass is 32.2. The van der Waals surface area contributed by atoms with Gasteiger partial charge in [-0.1, -0.05) is 37.3 Å². The molecule has 0 saturated carbocycles. The molecule has 0 saturated heterocycles. The third-order valence-electron chi connectivity index (χ3n) is 3.76. The number of ether oxygens (including phenoxy) is 1. The van der Waals surface area contributed by atoms with Crippen LogP contribution in [0.3, 0.4) is 0 Å². The van der Waals surface area contributed by atoms with E-state index in [1.165, 1.54) is 4.90 Å². The lowest BCUT2D eigenvalue weighted by Gasteiger charge is -2.18. The molecular weight excluding hydrogens is 318 g/mol. The maximum Gasteiger partial charge on any atom is 0.223 e. The molecule has 3 nitrogen and oxygen atoms in total. The topological polar surface area (TPSA) is 38.3 Å². The molecule has 2 atom stereocenters. The molecule has 2 rings (SSSR count). The fourth-order valence-electron chi connectivity index (χ4n) is 2.40. The van der Waals surface area contributed by atoms with Gasteiger partial charge in [0.25, 0.3) is 0 Å². The standard InChI is InChI=1S/C20H25NO2S/c1-15(14-24-19-10-5-4-6-11-19)20(22)21-16(2)12-17-8-7-9-18(13-17)23-3/h4-11,13,15-16H,12,14H2,1-3H3,(H,21,22). The molecule has 1 N–H and O–H groups in total. The first-order valence-corrected chi connectivity index (χ1v) is 9.18. The highest BCUT2D eigenvalue weighted by molar-refractivity contribution is 7.99. The van der Waals surface area contributed by atoms with E-state index in [2.05, 4.69) is 23.5 Å². The fourth-order valence-corrected chi connectivity index (χ4v) is 3.35. The molecule has 0 aliphatic heterocycles. The molecule has 2 unspecified atom stereocenters. The fraction of sp³-hybridized carbons (Fsp3) is 0.350. The van der Waals surface area contributed by atoms with Crippen molar-refractivity contribution in [2.75, 3.05) is 12.9 Å². The van der Waals surface area contributed by atoms with Gasteiger partial charge in [-0.2, -0.15) is 0 Å². The van der Waals surface area contributed by atoms with E-state index in [9.17, 15) is 4.79 Å². The first kappa shape index (κ1) is 18.4. The summed E-state index contributed by atoms with van der Waals surface area (Å²) < 4.78 is 5.24. The molecule has 24 heavy (non-hydrogen) atoms. The van der Waals surface area contributed by atoms with Crippen molar-refractivity contribution in [1.29, 1.82) is 0 Å². The number of thioether (sulfide) groups is 1. The second-order valence-electron chi connectivity index (χ2n) is 5.99. The summed E-state index contributed by atoms with van der Waals surface area (Å²) in [5, 5.41) is 3.11. The zero-order valence-corrected chi connectivity index (χ0v) is 15.3. The van der Waals surface area contributed by atoms with Crippen LogP contribution in [0.1, 0.15) is 19.4 Å². The van der Waals surface area contributed by atoms with Crippen molar-refractivity contribution in [3.8, 4) is 5.75 Å². The lowest BCUT2D eigenvalue weighted by molar-refractivity contribution is -0.124. The van der Waals surface area contributed by atoms with Crippen LogP contribution in [0.2, 0.25) is 0 Å². The quantitative estimate of drug-likeness (QED) is 0.731. The van der Waals surface area contributed by atoms with Crippen molar-refractivity contribution >= 4 is 17.7 Å². The predicted octanol–water partition coefficient (Wildman–Crippen LogP) is 4.17. The number of hydrogen-bond acceptors (Lipinski definition) is 3. The molecule has 0 fully saturated rings. The Bertz CT molecular complexity index is 645. The first-order chi connectivity index (χ1) is 11.6. The third kappa shape index (κ3) is 5.93. The van der Waals surface area contributed by atoms with Gasteiger partial charge in [-0.05, 0) is 43.2 Å². The van der Waals surface area contributed by atoms with Gasteiger partial charge in [0, 0.05) is 22.6 Å². The smallest absolute Gasteiger partial charge is 0.223 e. The van der Waals surface area contributed by atoms with E-state index < -0.39 is 0 Å². The SMILES string of the molecule is COc1cccc(CC(C)NC(=O)C(C)CSc2ccccc2)c1. The van der Waals surface area contributed by atoms with E-state index in [0.29, 0.717) is 0 Å². The molecule has 128 valence electrons. The largest absolute Gasteiger partial charge is 0.497 e. The highest BCUT2D eigenvalue weighted by Crippen LogP contribution is 2.20. The van der Waals surface area contributed by atoms with Crippen LogP contribution >= 0.6 is 11.8 Å². The number of methoxy groups -OCH3 is 1. The molecule has 2 aromatic rings. The van der Waals surface area contributed by atoms with E-state index >= 15 is 0 Å². The van der Waals surface area contributed by atoms with E-state index in [1.54, 1.807) is 18.9 Å². The van der Waals surface area contributed by atoms with Crippen molar-refractivity contribution in [2.45, 2.75) is 31.2 Å². The van der Waals surface area contributed by atoms with Crippen molar-refractivity contribution in [3.05, 3.63) is 60.2 Å². The molecule has 0 aliphatic rings. The second kappa shape index (κ2) is 9.38. The van der Waals surface area contributed by atoms with Gasteiger partial charge in [0.2, 0.25) is 5.91 Å². The minimum atomic E-state index is -0.0250. The van der Waals surface area contributed by atoms with Gasteiger partial charge in [-0.25, -0.2) is 0 Å². The summed E-state index contributed by atoms with van der Waals surface area (Å²) in [6, 6.07) is 18.2. The van der Waals surface area contributed by atoms with Gasteiger partial charge in [-0.3, -0.25) is 4.79 Å². The number of carbonyl (C=O) groups excluding carboxylic acids is 1. The summed E-state index contributed by atoms with van der Waals surface area (Å²) >= 11 is 1.72. The van der Waals surface area contributed by atoms with Crippen LogP contribution in [0.4, 0.5) is 0 Å². The van der Waals surface area contributed by atoms with Crippen LogP contribution in [0, 0.1) is 5.92 Å². The second-order valence-corrected chi connectivity index (χ2v) is 7.08. The average Bonchev–Trinajstić information content (AvgIpc) is 2.60. The summed E-state index contributed by atoms with van der Waals surface area (Å²) in [4.78, 5) is 13.5. The van der Waals surface area contributed by atoms with Crippen LogP contribution in [0.15, 0.2) is 59.5 Å². The van der Waals surface area contributed by atoms with Crippen LogP contribution in [-0.2, 0) is 11.2 Å². The van der Waals surface area contributed by atoms with Crippen LogP contribution in [0.5, 0.6) is 5.75 Å². The maximum atomic E-state index is 12.3. The number of amides is 1. The number of hydrogen-bond donors (Lipinski definition) is 1. The minimum absolute atomic E-state index is 0.0250. The Balaban J connectivity index is 1.79. The molecule has 0 aromatic heterocycles. The van der Waals surface area contributed by atoms with Crippen molar-refractivity contribution < 1.29 is 9.53 Å². The van der Waals surface area contributed by atoms with Crippen LogP contribution in [0.25, 0.3) is 0 Å². The Morgan fingerprint density at radius 3 is 2.58 bits per heavy atom. The molecule has 1 amide bonds.